The molecule has 2 saturated carbocycles. The first-order valence-electron chi connectivity index (χ1n) is 8.47. The molecule has 0 atom stereocenters. The van der Waals surface area contributed by atoms with E-state index in [4.69, 9.17) is 0 Å². The van der Waals surface area contributed by atoms with Crippen molar-refractivity contribution in [2.24, 2.45) is 11.3 Å². The van der Waals surface area contributed by atoms with Crippen molar-refractivity contribution >= 4 is 11.9 Å². The van der Waals surface area contributed by atoms with Gasteiger partial charge in [0.1, 0.15) is 0 Å². The molecule has 0 radical (unpaired) electrons. The first kappa shape index (κ1) is 16.3. The van der Waals surface area contributed by atoms with Crippen LogP contribution in [0, 0.1) is 11.3 Å². The molecular formula is C17H29NO3. The summed E-state index contributed by atoms with van der Waals surface area (Å²) in [5.41, 5.74) is -0.786. The zero-order valence-electron chi connectivity index (χ0n) is 13.4. The molecule has 0 bridgehead atoms. The third kappa shape index (κ3) is 3.58. The van der Waals surface area contributed by atoms with Crippen LogP contribution >= 0.6 is 0 Å². The van der Waals surface area contributed by atoms with E-state index in [9.17, 15) is 14.7 Å². The van der Waals surface area contributed by atoms with Gasteiger partial charge in [0, 0.05) is 19.5 Å². The van der Waals surface area contributed by atoms with Crippen LogP contribution in [0.3, 0.4) is 0 Å². The Labute approximate surface area is 127 Å². The Morgan fingerprint density at radius 3 is 2.19 bits per heavy atom. The summed E-state index contributed by atoms with van der Waals surface area (Å²) in [6.07, 6.45) is 9.14. The molecule has 2 aliphatic carbocycles. The molecule has 4 nitrogen and oxygen atoms in total. The topological polar surface area (TPSA) is 57.6 Å². The van der Waals surface area contributed by atoms with E-state index in [1.54, 1.807) is 0 Å². The lowest BCUT2D eigenvalue weighted by atomic mass is 9.81. The number of aliphatic carboxylic acids is 1. The predicted octanol–water partition coefficient (Wildman–Crippen LogP) is 3.45. The number of carboxylic acid groups (broad SMARTS) is 1. The maximum atomic E-state index is 12.5. The first-order chi connectivity index (χ1) is 9.98. The minimum absolute atomic E-state index is 0.0271. The summed E-state index contributed by atoms with van der Waals surface area (Å²) >= 11 is 0. The van der Waals surface area contributed by atoms with Gasteiger partial charge in [0.25, 0.3) is 0 Å². The fraction of sp³-hybridized carbons (Fsp3) is 0.882. The SMILES string of the molecule is CCC1CCC(N(C)C(=O)CC2(C(=O)O)CCCC2)CC1. The molecule has 0 aromatic rings. The highest BCUT2D eigenvalue weighted by molar-refractivity contribution is 5.85. The van der Waals surface area contributed by atoms with Crippen LogP contribution in [-0.4, -0.2) is 35.0 Å². The molecule has 0 saturated heterocycles. The largest absolute Gasteiger partial charge is 0.481 e. The molecule has 0 aromatic heterocycles. The van der Waals surface area contributed by atoms with E-state index in [0.29, 0.717) is 18.9 Å². The first-order valence-corrected chi connectivity index (χ1v) is 8.47. The summed E-state index contributed by atoms with van der Waals surface area (Å²) < 4.78 is 0. The van der Waals surface area contributed by atoms with Crippen molar-refractivity contribution in [1.82, 2.24) is 4.90 Å². The van der Waals surface area contributed by atoms with Crippen molar-refractivity contribution < 1.29 is 14.7 Å². The van der Waals surface area contributed by atoms with Gasteiger partial charge in [0.15, 0.2) is 0 Å². The quantitative estimate of drug-likeness (QED) is 0.845. The fourth-order valence-corrected chi connectivity index (χ4v) is 4.08. The Balaban J connectivity index is 1.92. The number of hydrogen-bond acceptors (Lipinski definition) is 2. The highest BCUT2D eigenvalue weighted by Gasteiger charge is 2.44. The van der Waals surface area contributed by atoms with Crippen molar-refractivity contribution in [2.75, 3.05) is 7.05 Å². The van der Waals surface area contributed by atoms with E-state index >= 15 is 0 Å². The molecule has 4 heteroatoms. The molecule has 21 heavy (non-hydrogen) atoms. The molecule has 0 heterocycles. The lowest BCUT2D eigenvalue weighted by Crippen LogP contribution is -2.43. The number of rotatable bonds is 5. The molecule has 0 aliphatic heterocycles. The summed E-state index contributed by atoms with van der Waals surface area (Å²) in [6, 6.07) is 0.313. The third-order valence-electron chi connectivity index (χ3n) is 5.84. The standard InChI is InChI=1S/C17H29NO3/c1-3-13-6-8-14(9-7-13)18(2)15(19)12-17(16(20)21)10-4-5-11-17/h13-14H,3-12H2,1-2H3,(H,20,21). The Bertz CT molecular complexity index is 379. The summed E-state index contributed by atoms with van der Waals surface area (Å²) in [7, 11) is 1.86. The van der Waals surface area contributed by atoms with Gasteiger partial charge in [-0.15, -0.1) is 0 Å². The molecule has 1 N–H and O–H groups in total. The van der Waals surface area contributed by atoms with Gasteiger partial charge >= 0.3 is 5.97 Å². The van der Waals surface area contributed by atoms with E-state index in [1.807, 2.05) is 11.9 Å². The van der Waals surface area contributed by atoms with Crippen molar-refractivity contribution in [1.29, 1.82) is 0 Å². The van der Waals surface area contributed by atoms with Crippen LogP contribution in [0.4, 0.5) is 0 Å². The van der Waals surface area contributed by atoms with Crippen molar-refractivity contribution in [2.45, 2.75) is 77.2 Å². The van der Waals surface area contributed by atoms with Gasteiger partial charge in [-0.2, -0.15) is 0 Å². The highest BCUT2D eigenvalue weighted by Crippen LogP contribution is 2.42. The van der Waals surface area contributed by atoms with Crippen molar-refractivity contribution in [3.8, 4) is 0 Å². The molecule has 2 rings (SSSR count). The van der Waals surface area contributed by atoms with Gasteiger partial charge in [-0.05, 0) is 44.4 Å². The summed E-state index contributed by atoms with van der Waals surface area (Å²) in [6.45, 7) is 2.23. The Hall–Kier alpha value is -1.06. The van der Waals surface area contributed by atoms with Crippen molar-refractivity contribution in [3.05, 3.63) is 0 Å². The molecule has 2 fully saturated rings. The number of carbonyl (C=O) groups is 2. The van der Waals surface area contributed by atoms with Gasteiger partial charge in [0.2, 0.25) is 5.91 Å². The van der Waals surface area contributed by atoms with Crippen LogP contribution in [0.5, 0.6) is 0 Å². The number of amides is 1. The second-order valence-corrected chi connectivity index (χ2v) is 7.06. The highest BCUT2D eigenvalue weighted by atomic mass is 16.4. The molecular weight excluding hydrogens is 266 g/mol. The molecule has 1 amide bonds. The van der Waals surface area contributed by atoms with Gasteiger partial charge in [-0.25, -0.2) is 0 Å². The average molecular weight is 295 g/mol. The Morgan fingerprint density at radius 1 is 1.14 bits per heavy atom. The molecule has 0 unspecified atom stereocenters. The maximum absolute atomic E-state index is 12.5. The Kier molecular flexibility index (Phi) is 5.28. The normalized spacial score (nSPS) is 28.3. The third-order valence-corrected chi connectivity index (χ3v) is 5.84. The fourth-order valence-electron chi connectivity index (χ4n) is 4.08. The minimum atomic E-state index is -0.786. The number of carboxylic acids is 1. The lowest BCUT2D eigenvalue weighted by molar-refractivity contribution is -0.153. The van der Waals surface area contributed by atoms with Gasteiger partial charge in [-0.1, -0.05) is 26.2 Å². The van der Waals surface area contributed by atoms with Crippen LogP contribution in [0.15, 0.2) is 0 Å². The molecule has 2 aliphatic rings. The number of hydrogen-bond donors (Lipinski definition) is 1. The average Bonchev–Trinajstić information content (AvgIpc) is 2.96. The second-order valence-electron chi connectivity index (χ2n) is 7.06. The minimum Gasteiger partial charge on any atom is -0.481 e. The van der Waals surface area contributed by atoms with Crippen LogP contribution in [0.2, 0.25) is 0 Å². The monoisotopic (exact) mass is 295 g/mol. The number of nitrogens with zero attached hydrogens (tertiary/aromatic N) is 1. The van der Waals surface area contributed by atoms with Crippen LogP contribution in [-0.2, 0) is 9.59 Å². The van der Waals surface area contributed by atoms with Gasteiger partial charge in [-0.3, -0.25) is 9.59 Å². The zero-order chi connectivity index (χ0) is 15.5. The van der Waals surface area contributed by atoms with E-state index < -0.39 is 11.4 Å². The molecule has 0 aromatic carbocycles. The van der Waals surface area contributed by atoms with Crippen LogP contribution in [0.25, 0.3) is 0 Å². The zero-order valence-corrected chi connectivity index (χ0v) is 13.4. The van der Waals surface area contributed by atoms with Crippen LogP contribution in [0.1, 0.15) is 71.1 Å². The van der Waals surface area contributed by atoms with Gasteiger partial charge in [0.05, 0.1) is 5.41 Å². The van der Waals surface area contributed by atoms with E-state index in [-0.39, 0.29) is 12.3 Å². The van der Waals surface area contributed by atoms with E-state index in [0.717, 1.165) is 31.6 Å². The van der Waals surface area contributed by atoms with E-state index in [1.165, 1.54) is 19.3 Å². The molecule has 120 valence electrons. The summed E-state index contributed by atoms with van der Waals surface area (Å²) in [5.74, 6) is 0.0561. The van der Waals surface area contributed by atoms with Crippen molar-refractivity contribution in [3.63, 3.8) is 0 Å². The second kappa shape index (κ2) is 6.80. The smallest absolute Gasteiger partial charge is 0.310 e. The summed E-state index contributed by atoms with van der Waals surface area (Å²) in [5, 5.41) is 9.50. The maximum Gasteiger partial charge on any atom is 0.310 e. The summed E-state index contributed by atoms with van der Waals surface area (Å²) in [4.78, 5) is 25.9. The number of carbonyl (C=O) groups excluding carboxylic acids is 1. The predicted molar refractivity (Wildman–Crippen MR) is 82.0 cm³/mol. The van der Waals surface area contributed by atoms with Gasteiger partial charge < -0.3 is 10.0 Å². The molecule has 0 spiro atoms. The van der Waals surface area contributed by atoms with E-state index in [2.05, 4.69) is 6.92 Å². The Morgan fingerprint density at radius 2 is 1.71 bits per heavy atom. The lowest BCUT2D eigenvalue weighted by Gasteiger charge is -2.36. The van der Waals surface area contributed by atoms with Crippen LogP contribution < -0.4 is 0 Å².